The first-order chi connectivity index (χ1) is 12.9. The molecule has 0 radical (unpaired) electrons. The summed E-state index contributed by atoms with van der Waals surface area (Å²) >= 11 is 1.37. The van der Waals surface area contributed by atoms with Crippen LogP contribution in [0.2, 0.25) is 0 Å². The Hall–Kier alpha value is -2.29. The van der Waals surface area contributed by atoms with Gasteiger partial charge in [-0.15, -0.1) is 11.3 Å². The summed E-state index contributed by atoms with van der Waals surface area (Å²) in [6.07, 6.45) is 0. The molecule has 4 nitrogen and oxygen atoms in total. The SMILES string of the molecule is COc1ccccc1CN(Cc1cccs1)S(=O)(=O)c1c(F)cccc1F. The molecule has 0 fully saturated rings. The van der Waals surface area contributed by atoms with Gasteiger partial charge in [0.15, 0.2) is 4.90 Å². The van der Waals surface area contributed by atoms with E-state index in [2.05, 4.69) is 0 Å². The van der Waals surface area contributed by atoms with Gasteiger partial charge in [-0.3, -0.25) is 0 Å². The van der Waals surface area contributed by atoms with Crippen LogP contribution in [0.4, 0.5) is 8.78 Å². The first-order valence-corrected chi connectivity index (χ1v) is 10.3. The summed E-state index contributed by atoms with van der Waals surface area (Å²) in [4.78, 5) is -0.193. The quantitative estimate of drug-likeness (QED) is 0.580. The number of hydrogen-bond donors (Lipinski definition) is 0. The largest absolute Gasteiger partial charge is 0.496 e. The van der Waals surface area contributed by atoms with Crippen molar-refractivity contribution >= 4 is 21.4 Å². The van der Waals surface area contributed by atoms with Crippen LogP contribution in [-0.2, 0) is 23.1 Å². The number of rotatable bonds is 7. The molecule has 1 aromatic heterocycles. The Balaban J connectivity index is 2.06. The van der Waals surface area contributed by atoms with Crippen molar-refractivity contribution in [2.24, 2.45) is 0 Å². The Kier molecular flexibility index (Phi) is 5.88. The maximum absolute atomic E-state index is 14.2. The molecule has 0 saturated heterocycles. The Morgan fingerprint density at radius 2 is 1.67 bits per heavy atom. The van der Waals surface area contributed by atoms with Gasteiger partial charge in [-0.25, -0.2) is 17.2 Å². The lowest BCUT2D eigenvalue weighted by Gasteiger charge is -2.23. The molecule has 2 aromatic carbocycles. The minimum atomic E-state index is -4.43. The smallest absolute Gasteiger partial charge is 0.249 e. The lowest BCUT2D eigenvalue weighted by atomic mass is 10.2. The molecule has 0 saturated carbocycles. The van der Waals surface area contributed by atoms with Crippen LogP contribution in [0, 0.1) is 11.6 Å². The van der Waals surface area contributed by atoms with Crippen molar-refractivity contribution < 1.29 is 21.9 Å². The van der Waals surface area contributed by atoms with Crippen molar-refractivity contribution in [2.45, 2.75) is 18.0 Å². The van der Waals surface area contributed by atoms with Crippen LogP contribution in [0.3, 0.4) is 0 Å². The predicted molar refractivity (Wildman–Crippen MR) is 100 cm³/mol. The lowest BCUT2D eigenvalue weighted by Crippen LogP contribution is -2.31. The third kappa shape index (κ3) is 4.18. The molecule has 3 rings (SSSR count). The second kappa shape index (κ2) is 8.16. The average molecular weight is 409 g/mol. The summed E-state index contributed by atoms with van der Waals surface area (Å²) in [5, 5.41) is 1.81. The van der Waals surface area contributed by atoms with Crippen LogP contribution in [0.1, 0.15) is 10.4 Å². The summed E-state index contributed by atoms with van der Waals surface area (Å²) in [7, 11) is -2.95. The van der Waals surface area contributed by atoms with Crippen molar-refractivity contribution in [3.63, 3.8) is 0 Å². The van der Waals surface area contributed by atoms with Crippen LogP contribution in [0.25, 0.3) is 0 Å². The van der Waals surface area contributed by atoms with Crippen molar-refractivity contribution in [1.29, 1.82) is 0 Å². The van der Waals surface area contributed by atoms with Crippen molar-refractivity contribution in [1.82, 2.24) is 4.31 Å². The maximum atomic E-state index is 14.2. The molecule has 0 unspecified atom stereocenters. The molecule has 0 amide bonds. The average Bonchev–Trinajstić information content (AvgIpc) is 3.14. The van der Waals surface area contributed by atoms with Gasteiger partial charge in [0.05, 0.1) is 7.11 Å². The minimum absolute atomic E-state index is 0.00811. The fourth-order valence-corrected chi connectivity index (χ4v) is 4.99. The Morgan fingerprint density at radius 3 is 2.30 bits per heavy atom. The van der Waals surface area contributed by atoms with Crippen LogP contribution in [0.5, 0.6) is 5.75 Å². The summed E-state index contributed by atoms with van der Waals surface area (Å²) in [6.45, 7) is -0.0934. The first kappa shape index (κ1) is 19.5. The van der Waals surface area contributed by atoms with Crippen LogP contribution >= 0.6 is 11.3 Å². The lowest BCUT2D eigenvalue weighted by molar-refractivity contribution is 0.373. The number of sulfonamides is 1. The standard InChI is InChI=1S/C19H17F2NO3S2/c1-25-18-10-3-2-6-14(18)12-22(13-15-7-5-11-26-15)27(23,24)19-16(20)8-4-9-17(19)21/h2-11H,12-13H2,1H3. The molecule has 0 bridgehead atoms. The second-order valence-electron chi connectivity index (χ2n) is 5.72. The van der Waals surface area contributed by atoms with E-state index in [4.69, 9.17) is 4.74 Å². The summed E-state index contributed by atoms with van der Waals surface area (Å²) in [5.41, 5.74) is 0.594. The van der Waals surface area contributed by atoms with E-state index in [0.717, 1.165) is 27.4 Å². The number of nitrogens with zero attached hydrogens (tertiary/aromatic N) is 1. The minimum Gasteiger partial charge on any atom is -0.496 e. The van der Waals surface area contributed by atoms with Gasteiger partial charge in [0, 0.05) is 23.5 Å². The second-order valence-corrected chi connectivity index (χ2v) is 8.62. The Bertz CT molecular complexity index is 1000. The molecular formula is C19H17F2NO3S2. The van der Waals surface area contributed by atoms with Gasteiger partial charge in [0.2, 0.25) is 10.0 Å². The van der Waals surface area contributed by atoms with Gasteiger partial charge in [0.25, 0.3) is 0 Å². The number of para-hydroxylation sites is 1. The topological polar surface area (TPSA) is 46.6 Å². The number of thiophene rings is 1. The Labute approximate surface area is 160 Å². The number of halogens is 2. The molecule has 3 aromatic rings. The van der Waals surface area contributed by atoms with E-state index >= 15 is 0 Å². The molecular weight excluding hydrogens is 392 g/mol. The third-order valence-electron chi connectivity index (χ3n) is 3.97. The van der Waals surface area contributed by atoms with E-state index in [9.17, 15) is 17.2 Å². The zero-order chi connectivity index (χ0) is 19.4. The maximum Gasteiger partial charge on any atom is 0.249 e. The highest BCUT2D eigenvalue weighted by molar-refractivity contribution is 7.89. The van der Waals surface area contributed by atoms with E-state index in [0.29, 0.717) is 11.3 Å². The van der Waals surface area contributed by atoms with Gasteiger partial charge in [0.1, 0.15) is 17.4 Å². The molecule has 142 valence electrons. The molecule has 0 aliphatic carbocycles. The number of benzene rings is 2. The van der Waals surface area contributed by atoms with Crippen LogP contribution in [0.15, 0.2) is 64.9 Å². The molecule has 1 heterocycles. The van der Waals surface area contributed by atoms with Gasteiger partial charge in [-0.2, -0.15) is 4.31 Å². The summed E-state index contributed by atoms with van der Waals surface area (Å²) in [5.74, 6) is -1.74. The van der Waals surface area contributed by atoms with Crippen molar-refractivity contribution in [2.75, 3.05) is 7.11 Å². The van der Waals surface area contributed by atoms with Crippen molar-refractivity contribution in [3.05, 3.63) is 82.1 Å². The summed E-state index contributed by atoms with van der Waals surface area (Å²) < 4.78 is 61.0. The fraction of sp³-hybridized carbons (Fsp3) is 0.158. The number of hydrogen-bond acceptors (Lipinski definition) is 4. The van der Waals surface area contributed by atoms with E-state index in [1.54, 1.807) is 36.4 Å². The normalized spacial score (nSPS) is 11.7. The molecule has 0 spiro atoms. The van der Waals surface area contributed by atoms with Gasteiger partial charge >= 0.3 is 0 Å². The van der Waals surface area contributed by atoms with E-state index in [1.807, 2.05) is 5.38 Å². The zero-order valence-corrected chi connectivity index (χ0v) is 16.1. The fourth-order valence-electron chi connectivity index (χ4n) is 2.68. The predicted octanol–water partition coefficient (Wildman–Crippen LogP) is 4.43. The molecule has 0 aliphatic rings. The van der Waals surface area contributed by atoms with Crippen molar-refractivity contribution in [3.8, 4) is 5.75 Å². The monoisotopic (exact) mass is 409 g/mol. The highest BCUT2D eigenvalue weighted by Crippen LogP contribution is 2.28. The molecule has 0 N–H and O–H groups in total. The van der Waals surface area contributed by atoms with Gasteiger partial charge in [-0.05, 0) is 29.6 Å². The first-order valence-electron chi connectivity index (χ1n) is 8.02. The summed E-state index contributed by atoms with van der Waals surface area (Å²) in [6, 6.07) is 13.5. The number of ether oxygens (including phenoxy) is 1. The van der Waals surface area contributed by atoms with Gasteiger partial charge in [-0.1, -0.05) is 30.3 Å². The molecule has 0 atom stereocenters. The Morgan fingerprint density at radius 1 is 0.963 bits per heavy atom. The molecule has 27 heavy (non-hydrogen) atoms. The van der Waals surface area contributed by atoms with E-state index < -0.39 is 26.6 Å². The van der Waals surface area contributed by atoms with E-state index in [1.165, 1.54) is 18.4 Å². The van der Waals surface area contributed by atoms with Crippen LogP contribution < -0.4 is 4.74 Å². The van der Waals surface area contributed by atoms with Gasteiger partial charge < -0.3 is 4.74 Å². The third-order valence-corrected chi connectivity index (χ3v) is 6.67. The molecule has 0 aliphatic heterocycles. The molecule has 8 heteroatoms. The van der Waals surface area contributed by atoms with E-state index in [-0.39, 0.29) is 13.1 Å². The van der Waals surface area contributed by atoms with Crippen LogP contribution in [-0.4, -0.2) is 19.8 Å². The highest BCUT2D eigenvalue weighted by atomic mass is 32.2. The zero-order valence-electron chi connectivity index (χ0n) is 14.4. The number of methoxy groups -OCH3 is 1. The highest BCUT2D eigenvalue weighted by Gasteiger charge is 2.31.